The van der Waals surface area contributed by atoms with Crippen molar-refractivity contribution in [2.45, 2.75) is 45.6 Å². The molecule has 0 heterocycles. The van der Waals surface area contributed by atoms with Crippen LogP contribution in [0.2, 0.25) is 0 Å². The first-order chi connectivity index (χ1) is 9.19. The Kier molecular flexibility index (Phi) is 4.59. The molecule has 1 aliphatic carbocycles. The Balaban J connectivity index is 2.35. The Bertz CT molecular complexity index is 450. The van der Waals surface area contributed by atoms with Gasteiger partial charge in [-0.1, -0.05) is 26.0 Å². The second-order valence-corrected chi connectivity index (χ2v) is 5.33. The number of benzene rings is 1. The molecule has 0 saturated carbocycles. The van der Waals surface area contributed by atoms with Crippen molar-refractivity contribution in [3.63, 3.8) is 0 Å². The summed E-state index contributed by atoms with van der Waals surface area (Å²) in [6, 6.07) is 6.33. The predicted molar refractivity (Wildman–Crippen MR) is 78.2 cm³/mol. The largest absolute Gasteiger partial charge is 0.366 e. The highest BCUT2D eigenvalue weighted by molar-refractivity contribution is 5.95. The zero-order valence-electron chi connectivity index (χ0n) is 12.0. The van der Waals surface area contributed by atoms with Crippen molar-refractivity contribution in [3.8, 4) is 0 Å². The van der Waals surface area contributed by atoms with Crippen molar-refractivity contribution in [2.75, 3.05) is 13.1 Å². The molecule has 0 unspecified atom stereocenters. The lowest BCUT2D eigenvalue weighted by Gasteiger charge is -2.29. The van der Waals surface area contributed by atoms with Gasteiger partial charge >= 0.3 is 0 Å². The summed E-state index contributed by atoms with van der Waals surface area (Å²) in [5.41, 5.74) is 8.76. The first-order valence-electron chi connectivity index (χ1n) is 7.34. The Hall–Kier alpha value is -1.35. The van der Waals surface area contributed by atoms with Crippen molar-refractivity contribution in [1.82, 2.24) is 4.90 Å². The van der Waals surface area contributed by atoms with Crippen molar-refractivity contribution >= 4 is 5.91 Å². The smallest absolute Gasteiger partial charge is 0.249 e. The van der Waals surface area contributed by atoms with Crippen LogP contribution >= 0.6 is 0 Å². The van der Waals surface area contributed by atoms with Crippen LogP contribution in [-0.2, 0) is 6.42 Å². The molecule has 2 rings (SSSR count). The normalized spacial score (nSPS) is 17.7. The molecule has 19 heavy (non-hydrogen) atoms. The number of hydrogen-bond acceptors (Lipinski definition) is 2. The maximum Gasteiger partial charge on any atom is 0.249 e. The molecule has 3 nitrogen and oxygen atoms in total. The van der Waals surface area contributed by atoms with Crippen molar-refractivity contribution in [2.24, 2.45) is 5.73 Å². The Morgan fingerprint density at radius 1 is 1.32 bits per heavy atom. The van der Waals surface area contributed by atoms with E-state index in [4.69, 9.17) is 5.73 Å². The molecule has 0 radical (unpaired) electrons. The zero-order valence-corrected chi connectivity index (χ0v) is 12.0. The number of hydrogen-bond donors (Lipinski definition) is 1. The molecule has 1 atom stereocenters. The number of fused-ring (bicyclic) bond motifs is 1. The number of aryl methyl sites for hydroxylation is 1. The first-order valence-corrected chi connectivity index (χ1v) is 7.34. The van der Waals surface area contributed by atoms with Crippen LogP contribution in [0.5, 0.6) is 0 Å². The van der Waals surface area contributed by atoms with Gasteiger partial charge in [0.15, 0.2) is 0 Å². The number of rotatable bonds is 6. The molecule has 104 valence electrons. The Morgan fingerprint density at radius 2 is 2.00 bits per heavy atom. The summed E-state index contributed by atoms with van der Waals surface area (Å²) in [4.78, 5) is 14.2. The maximum absolute atomic E-state index is 11.6. The van der Waals surface area contributed by atoms with Gasteiger partial charge in [0.2, 0.25) is 5.91 Å². The van der Waals surface area contributed by atoms with Crippen LogP contribution in [-0.4, -0.2) is 23.9 Å². The van der Waals surface area contributed by atoms with Crippen LogP contribution in [0.1, 0.15) is 60.6 Å². The highest BCUT2D eigenvalue weighted by Crippen LogP contribution is 2.38. The SMILES string of the molecule is CCCN(CCC)[C@@H]1CCc2cccc(C(N)=O)c21. The van der Waals surface area contributed by atoms with Gasteiger partial charge in [0, 0.05) is 11.6 Å². The van der Waals surface area contributed by atoms with Crippen LogP contribution < -0.4 is 5.73 Å². The minimum absolute atomic E-state index is 0.295. The molecule has 0 saturated heterocycles. The average molecular weight is 260 g/mol. The first kappa shape index (κ1) is 14.1. The van der Waals surface area contributed by atoms with Crippen LogP contribution in [0.25, 0.3) is 0 Å². The number of nitrogens with two attached hydrogens (primary N) is 1. The van der Waals surface area contributed by atoms with E-state index in [0.717, 1.165) is 44.3 Å². The second kappa shape index (κ2) is 6.20. The van der Waals surface area contributed by atoms with Gasteiger partial charge in [-0.3, -0.25) is 9.69 Å². The maximum atomic E-state index is 11.6. The van der Waals surface area contributed by atoms with Crippen molar-refractivity contribution in [3.05, 3.63) is 34.9 Å². The Labute approximate surface area is 115 Å². The third kappa shape index (κ3) is 2.81. The summed E-state index contributed by atoms with van der Waals surface area (Å²) in [6.07, 6.45) is 4.46. The van der Waals surface area contributed by atoms with Gasteiger partial charge < -0.3 is 5.73 Å². The van der Waals surface area contributed by atoms with Gasteiger partial charge in [0.1, 0.15) is 0 Å². The monoisotopic (exact) mass is 260 g/mol. The lowest BCUT2D eigenvalue weighted by molar-refractivity contribution is 0.0996. The number of nitrogens with zero attached hydrogens (tertiary/aromatic N) is 1. The van der Waals surface area contributed by atoms with E-state index in [0.29, 0.717) is 6.04 Å². The number of carbonyl (C=O) groups is 1. The van der Waals surface area contributed by atoms with Gasteiger partial charge in [-0.15, -0.1) is 0 Å². The van der Waals surface area contributed by atoms with Gasteiger partial charge in [-0.05, 0) is 56.0 Å². The summed E-state index contributed by atoms with van der Waals surface area (Å²) < 4.78 is 0. The molecule has 1 aromatic carbocycles. The van der Waals surface area contributed by atoms with E-state index >= 15 is 0 Å². The topological polar surface area (TPSA) is 46.3 Å². The van der Waals surface area contributed by atoms with E-state index < -0.39 is 0 Å². The van der Waals surface area contributed by atoms with E-state index in [-0.39, 0.29) is 5.91 Å². The summed E-state index contributed by atoms with van der Waals surface area (Å²) in [5, 5.41) is 0. The van der Waals surface area contributed by atoms with E-state index in [1.54, 1.807) is 0 Å². The highest BCUT2D eigenvalue weighted by atomic mass is 16.1. The van der Waals surface area contributed by atoms with Crippen LogP contribution in [0.15, 0.2) is 18.2 Å². The van der Waals surface area contributed by atoms with E-state index in [2.05, 4.69) is 24.8 Å². The molecule has 0 bridgehead atoms. The number of primary amides is 1. The molecule has 1 aliphatic rings. The third-order valence-electron chi connectivity index (χ3n) is 3.94. The second-order valence-electron chi connectivity index (χ2n) is 5.33. The quantitative estimate of drug-likeness (QED) is 0.855. The summed E-state index contributed by atoms with van der Waals surface area (Å²) in [5.74, 6) is -0.295. The van der Waals surface area contributed by atoms with Gasteiger partial charge in [-0.2, -0.15) is 0 Å². The van der Waals surface area contributed by atoms with E-state index in [1.165, 1.54) is 11.1 Å². The lowest BCUT2D eigenvalue weighted by atomic mass is 9.99. The molecule has 1 aromatic rings. The van der Waals surface area contributed by atoms with Crippen molar-refractivity contribution < 1.29 is 4.79 Å². The fraction of sp³-hybridized carbons (Fsp3) is 0.562. The summed E-state index contributed by atoms with van der Waals surface area (Å²) in [7, 11) is 0. The molecule has 0 fully saturated rings. The fourth-order valence-corrected chi connectivity index (χ4v) is 3.24. The molecule has 2 N–H and O–H groups in total. The zero-order chi connectivity index (χ0) is 13.8. The molecule has 3 heteroatoms. The van der Waals surface area contributed by atoms with Gasteiger partial charge in [0.05, 0.1) is 0 Å². The molecule has 0 aliphatic heterocycles. The van der Waals surface area contributed by atoms with Crippen LogP contribution in [0.4, 0.5) is 0 Å². The van der Waals surface area contributed by atoms with Crippen LogP contribution in [0, 0.1) is 0 Å². The minimum atomic E-state index is -0.295. The van der Waals surface area contributed by atoms with Gasteiger partial charge in [-0.25, -0.2) is 0 Å². The highest BCUT2D eigenvalue weighted by Gasteiger charge is 2.30. The molecular formula is C16H24N2O. The lowest BCUT2D eigenvalue weighted by Crippen LogP contribution is -2.30. The third-order valence-corrected chi connectivity index (χ3v) is 3.94. The standard InChI is InChI=1S/C16H24N2O/c1-3-10-18(11-4-2)14-9-8-12-6-5-7-13(15(12)14)16(17)19/h5-7,14H,3-4,8-11H2,1-2H3,(H2,17,19)/t14-/m1/s1. The van der Waals surface area contributed by atoms with Crippen LogP contribution in [0.3, 0.4) is 0 Å². The van der Waals surface area contributed by atoms with Crippen molar-refractivity contribution in [1.29, 1.82) is 0 Å². The number of carbonyl (C=O) groups excluding carboxylic acids is 1. The molecule has 0 aromatic heterocycles. The number of amides is 1. The predicted octanol–water partition coefficient (Wildman–Crippen LogP) is 2.89. The Morgan fingerprint density at radius 3 is 2.58 bits per heavy atom. The van der Waals surface area contributed by atoms with Gasteiger partial charge in [0.25, 0.3) is 0 Å². The van der Waals surface area contributed by atoms with E-state index in [9.17, 15) is 4.79 Å². The summed E-state index contributed by atoms with van der Waals surface area (Å²) in [6.45, 7) is 6.59. The molecular weight excluding hydrogens is 236 g/mol. The molecule has 1 amide bonds. The summed E-state index contributed by atoms with van der Waals surface area (Å²) >= 11 is 0. The van der Waals surface area contributed by atoms with E-state index in [1.807, 2.05) is 12.1 Å². The minimum Gasteiger partial charge on any atom is -0.366 e. The molecule has 0 spiro atoms. The fourth-order valence-electron chi connectivity index (χ4n) is 3.24. The average Bonchev–Trinajstić information content (AvgIpc) is 2.81.